The van der Waals surface area contributed by atoms with Gasteiger partial charge in [0.25, 0.3) is 5.56 Å². The molecule has 3 heterocycles. The van der Waals surface area contributed by atoms with Crippen molar-refractivity contribution >= 4 is 22.6 Å². The van der Waals surface area contributed by atoms with E-state index in [9.17, 15) is 4.79 Å². The Bertz CT molecular complexity index is 1060. The molecule has 0 saturated carbocycles. The van der Waals surface area contributed by atoms with Crippen molar-refractivity contribution in [2.24, 2.45) is 0 Å². The van der Waals surface area contributed by atoms with Gasteiger partial charge in [-0.2, -0.15) is 5.10 Å². The maximum atomic E-state index is 12.8. The summed E-state index contributed by atoms with van der Waals surface area (Å²) >= 11 is 6.03. The molecule has 6 nitrogen and oxygen atoms in total. The zero-order valence-corrected chi connectivity index (χ0v) is 17.8. The molecule has 0 amide bonds. The average Bonchev–Trinajstić information content (AvgIpc) is 3.30. The predicted octanol–water partition coefficient (Wildman–Crippen LogP) is 3.93. The highest BCUT2D eigenvalue weighted by Gasteiger charge is 2.24. The Labute approximate surface area is 175 Å². The predicted molar refractivity (Wildman–Crippen MR) is 116 cm³/mol. The smallest absolute Gasteiger partial charge is 0.254 e. The van der Waals surface area contributed by atoms with Crippen LogP contribution in [-0.2, 0) is 16.7 Å². The summed E-state index contributed by atoms with van der Waals surface area (Å²) < 4.78 is 7.43. The summed E-state index contributed by atoms with van der Waals surface area (Å²) in [6, 6.07) is 9.41. The second kappa shape index (κ2) is 7.94. The molecule has 0 aliphatic carbocycles. The van der Waals surface area contributed by atoms with Crippen LogP contribution in [0.3, 0.4) is 0 Å². The van der Waals surface area contributed by atoms with Crippen LogP contribution in [-0.4, -0.2) is 34.0 Å². The molecular formula is C22H27ClN4O2. The highest BCUT2D eigenvalue weighted by molar-refractivity contribution is 6.30. The summed E-state index contributed by atoms with van der Waals surface area (Å²) in [6.07, 6.45) is 2.43. The van der Waals surface area contributed by atoms with E-state index in [2.05, 4.69) is 31.1 Å². The number of benzene rings is 1. The van der Waals surface area contributed by atoms with Crippen LogP contribution in [0.25, 0.3) is 16.7 Å². The largest absolute Gasteiger partial charge is 0.377 e. The minimum Gasteiger partial charge on any atom is -0.377 e. The van der Waals surface area contributed by atoms with Gasteiger partial charge in [-0.1, -0.05) is 32.4 Å². The number of hydrogen-bond donors (Lipinski definition) is 2. The average molecular weight is 415 g/mol. The van der Waals surface area contributed by atoms with E-state index >= 15 is 0 Å². The van der Waals surface area contributed by atoms with E-state index in [1.165, 1.54) is 0 Å². The van der Waals surface area contributed by atoms with Crippen molar-refractivity contribution < 1.29 is 4.74 Å². The van der Waals surface area contributed by atoms with Crippen LogP contribution in [0.2, 0.25) is 5.02 Å². The number of halogens is 1. The SMILES string of the molecule is CC(C)(C)c1nn(-c2ccc(Cl)cc2)c2[nH]c(=O)c(CNCC3CCCO3)cc12. The minimum absolute atomic E-state index is 0.104. The fourth-order valence-corrected chi connectivity index (χ4v) is 3.87. The summed E-state index contributed by atoms with van der Waals surface area (Å²) in [5.74, 6) is 0. The van der Waals surface area contributed by atoms with Crippen molar-refractivity contribution in [3.05, 3.63) is 57.0 Å². The molecule has 1 aliphatic heterocycles. The quantitative estimate of drug-likeness (QED) is 0.663. The summed E-state index contributed by atoms with van der Waals surface area (Å²) in [5, 5.41) is 9.83. The molecule has 0 bridgehead atoms. The second-order valence-electron chi connectivity index (χ2n) is 8.64. The Morgan fingerprint density at radius 3 is 2.72 bits per heavy atom. The molecule has 2 N–H and O–H groups in total. The van der Waals surface area contributed by atoms with Crippen LogP contribution in [0.1, 0.15) is 44.9 Å². The van der Waals surface area contributed by atoms with Gasteiger partial charge in [0.15, 0.2) is 0 Å². The number of H-pyrrole nitrogens is 1. The Hall–Kier alpha value is -2.15. The van der Waals surface area contributed by atoms with Gasteiger partial charge in [-0.25, -0.2) is 4.68 Å². The lowest BCUT2D eigenvalue weighted by Crippen LogP contribution is -2.28. The van der Waals surface area contributed by atoms with Crippen LogP contribution in [0.15, 0.2) is 35.1 Å². The second-order valence-corrected chi connectivity index (χ2v) is 9.08. The van der Waals surface area contributed by atoms with Gasteiger partial charge in [-0.05, 0) is 43.2 Å². The standard InChI is InChI=1S/C22H27ClN4O2/c1-22(2,3)19-18-11-14(12-24-13-17-5-4-10-29-17)21(28)25-20(18)27(26-19)16-8-6-15(23)7-9-16/h6-9,11,17,24H,4-5,10,12-13H2,1-3H3,(H,25,28). The lowest BCUT2D eigenvalue weighted by molar-refractivity contribution is 0.110. The van der Waals surface area contributed by atoms with Crippen molar-refractivity contribution in [3.8, 4) is 5.69 Å². The van der Waals surface area contributed by atoms with Gasteiger partial charge < -0.3 is 15.0 Å². The number of hydrogen-bond acceptors (Lipinski definition) is 4. The van der Waals surface area contributed by atoms with Gasteiger partial charge in [-0.3, -0.25) is 4.79 Å². The molecule has 1 atom stereocenters. The van der Waals surface area contributed by atoms with E-state index in [-0.39, 0.29) is 17.1 Å². The topological polar surface area (TPSA) is 71.9 Å². The first-order valence-electron chi connectivity index (χ1n) is 10.1. The summed E-state index contributed by atoms with van der Waals surface area (Å²) in [4.78, 5) is 15.8. The van der Waals surface area contributed by atoms with Crippen LogP contribution < -0.4 is 10.9 Å². The zero-order valence-electron chi connectivity index (χ0n) is 17.1. The molecule has 1 aliphatic rings. The third-order valence-corrected chi connectivity index (χ3v) is 5.51. The van der Waals surface area contributed by atoms with E-state index in [4.69, 9.17) is 21.4 Å². The fourth-order valence-electron chi connectivity index (χ4n) is 3.74. The first kappa shape index (κ1) is 20.1. The molecule has 4 rings (SSSR count). The van der Waals surface area contributed by atoms with Gasteiger partial charge in [0, 0.05) is 41.1 Å². The van der Waals surface area contributed by atoms with Crippen molar-refractivity contribution in [2.45, 2.75) is 51.7 Å². The van der Waals surface area contributed by atoms with Crippen LogP contribution in [0.4, 0.5) is 0 Å². The highest BCUT2D eigenvalue weighted by Crippen LogP contribution is 2.30. The van der Waals surface area contributed by atoms with Crippen molar-refractivity contribution in [1.82, 2.24) is 20.1 Å². The van der Waals surface area contributed by atoms with Crippen LogP contribution >= 0.6 is 11.6 Å². The van der Waals surface area contributed by atoms with Crippen molar-refractivity contribution in [3.63, 3.8) is 0 Å². The maximum absolute atomic E-state index is 12.8. The Kier molecular flexibility index (Phi) is 5.51. The summed E-state index contributed by atoms with van der Waals surface area (Å²) in [5.41, 5.74) is 2.93. The Balaban J connectivity index is 1.72. The number of aromatic nitrogens is 3. The maximum Gasteiger partial charge on any atom is 0.254 e. The third kappa shape index (κ3) is 4.25. The van der Waals surface area contributed by atoms with Gasteiger partial charge in [-0.15, -0.1) is 0 Å². The molecule has 0 radical (unpaired) electrons. The summed E-state index contributed by atoms with van der Waals surface area (Å²) in [7, 11) is 0. The fraction of sp³-hybridized carbons (Fsp3) is 0.455. The lowest BCUT2D eigenvalue weighted by Gasteiger charge is -2.15. The van der Waals surface area contributed by atoms with E-state index in [0.717, 1.165) is 42.8 Å². The molecule has 2 aromatic heterocycles. The Morgan fingerprint density at radius 2 is 2.07 bits per heavy atom. The first-order chi connectivity index (χ1) is 13.8. The highest BCUT2D eigenvalue weighted by atomic mass is 35.5. The lowest BCUT2D eigenvalue weighted by atomic mass is 9.90. The number of nitrogens with zero attached hydrogens (tertiary/aromatic N) is 2. The van der Waals surface area contributed by atoms with Crippen molar-refractivity contribution in [1.29, 1.82) is 0 Å². The van der Waals surface area contributed by atoms with E-state index in [0.29, 0.717) is 22.8 Å². The molecule has 0 spiro atoms. The van der Waals surface area contributed by atoms with Gasteiger partial charge in [0.1, 0.15) is 5.65 Å². The number of aromatic amines is 1. The summed E-state index contributed by atoms with van der Waals surface area (Å²) in [6.45, 7) is 8.47. The van der Waals surface area contributed by atoms with Gasteiger partial charge in [0.05, 0.1) is 17.5 Å². The molecule has 1 saturated heterocycles. The normalized spacial score (nSPS) is 17.3. The van der Waals surface area contributed by atoms with Crippen LogP contribution in [0.5, 0.6) is 0 Å². The van der Waals surface area contributed by atoms with Crippen molar-refractivity contribution in [2.75, 3.05) is 13.2 Å². The molecule has 1 aromatic carbocycles. The molecular weight excluding hydrogens is 388 g/mol. The molecule has 154 valence electrons. The monoisotopic (exact) mass is 414 g/mol. The number of nitrogens with one attached hydrogen (secondary N) is 2. The molecule has 1 fully saturated rings. The molecule has 1 unspecified atom stereocenters. The van der Waals surface area contributed by atoms with Gasteiger partial charge >= 0.3 is 0 Å². The number of rotatable bonds is 5. The number of fused-ring (bicyclic) bond motifs is 1. The Morgan fingerprint density at radius 1 is 1.31 bits per heavy atom. The first-order valence-corrected chi connectivity index (χ1v) is 10.4. The minimum atomic E-state index is -0.170. The third-order valence-electron chi connectivity index (χ3n) is 5.26. The zero-order chi connectivity index (χ0) is 20.6. The number of ether oxygens (including phenoxy) is 1. The molecule has 3 aromatic rings. The van der Waals surface area contributed by atoms with E-state index in [1.54, 1.807) is 4.68 Å². The molecule has 29 heavy (non-hydrogen) atoms. The molecule has 7 heteroatoms. The van der Waals surface area contributed by atoms with Crippen LogP contribution in [0, 0.1) is 0 Å². The number of pyridine rings is 1. The van der Waals surface area contributed by atoms with E-state index in [1.807, 2.05) is 30.3 Å². The van der Waals surface area contributed by atoms with Gasteiger partial charge in [0.2, 0.25) is 0 Å². The van der Waals surface area contributed by atoms with E-state index < -0.39 is 0 Å².